The number of nitrogens with one attached hydrogen (secondary N) is 1. The molecular weight excluding hydrogens is 410 g/mol. The Balaban J connectivity index is 2.29. The molecule has 0 saturated heterocycles. The highest BCUT2D eigenvalue weighted by Crippen LogP contribution is 2.47. The van der Waals surface area contributed by atoms with Crippen LogP contribution >= 0.6 is 11.6 Å². The normalized spacial score (nSPS) is 27.0. The maximum atomic E-state index is 10.7. The van der Waals surface area contributed by atoms with Crippen LogP contribution in [0.4, 0.5) is 0 Å². The second-order valence-electron chi connectivity index (χ2n) is 9.12. The maximum Gasteiger partial charge on any atom is 0.165 e. The lowest BCUT2D eigenvalue weighted by molar-refractivity contribution is 0.0802. The van der Waals surface area contributed by atoms with Gasteiger partial charge in [-0.05, 0) is 56.9 Å². The van der Waals surface area contributed by atoms with E-state index in [1.807, 2.05) is 6.92 Å². The van der Waals surface area contributed by atoms with Gasteiger partial charge in [0.1, 0.15) is 5.75 Å². The van der Waals surface area contributed by atoms with Crippen molar-refractivity contribution in [2.24, 2.45) is 17.3 Å². The first-order valence-corrected chi connectivity index (χ1v) is 11.7. The van der Waals surface area contributed by atoms with E-state index >= 15 is 0 Å². The van der Waals surface area contributed by atoms with E-state index in [0.29, 0.717) is 51.9 Å². The highest BCUT2D eigenvalue weighted by molar-refractivity contribution is 6.33. The predicted molar refractivity (Wildman–Crippen MR) is 131 cm³/mol. The van der Waals surface area contributed by atoms with Gasteiger partial charge in [-0.25, -0.2) is 0 Å². The first-order chi connectivity index (χ1) is 14.6. The van der Waals surface area contributed by atoms with Gasteiger partial charge in [-0.2, -0.15) is 0 Å². The van der Waals surface area contributed by atoms with Gasteiger partial charge < -0.3 is 19.9 Å². The van der Waals surface area contributed by atoms with E-state index in [-0.39, 0.29) is 11.2 Å². The van der Waals surface area contributed by atoms with Crippen LogP contribution in [0.1, 0.15) is 58.6 Å². The van der Waals surface area contributed by atoms with Gasteiger partial charge in [-0.3, -0.25) is 0 Å². The zero-order chi connectivity index (χ0) is 23.3. The van der Waals surface area contributed by atoms with Gasteiger partial charge in [-0.1, -0.05) is 63.1 Å². The third-order valence-electron chi connectivity index (χ3n) is 7.41. The van der Waals surface area contributed by atoms with Crippen LogP contribution < -0.4 is 14.8 Å². The number of methoxy groups -OCH3 is 2. The molecule has 2 N–H and O–H groups in total. The molecule has 174 valence electrons. The molecule has 4 nitrogen and oxygen atoms in total. The number of allylic oxidation sites excluding steroid dienone is 4. The zero-order valence-corrected chi connectivity index (χ0v) is 21.2. The summed E-state index contributed by atoms with van der Waals surface area (Å²) in [6.45, 7) is 14.2. The van der Waals surface area contributed by atoms with E-state index in [2.05, 4.69) is 58.2 Å². The fourth-order valence-electron chi connectivity index (χ4n) is 4.85. The molecule has 0 heterocycles. The van der Waals surface area contributed by atoms with Crippen LogP contribution in [0.15, 0.2) is 23.8 Å². The lowest BCUT2D eigenvalue weighted by atomic mass is 9.60. The summed E-state index contributed by atoms with van der Waals surface area (Å²) in [7, 11) is 3.10. The smallest absolute Gasteiger partial charge is 0.165 e. The third-order valence-corrected chi connectivity index (χ3v) is 7.86. The monoisotopic (exact) mass is 449 g/mol. The van der Waals surface area contributed by atoms with E-state index in [0.717, 1.165) is 12.1 Å². The van der Waals surface area contributed by atoms with Crippen LogP contribution in [0, 0.1) is 24.2 Å². The SMILES string of the molecule is CCNC1CC[C@@H](C)[C@](C)(/C=C/C(C)=C/Cc2c(O)c(OC)c(C)c(Cl)c2OC)[C@H]1C. The Kier molecular flexibility index (Phi) is 8.91. The van der Waals surface area contributed by atoms with Gasteiger partial charge in [0, 0.05) is 17.2 Å². The highest BCUT2D eigenvalue weighted by atomic mass is 35.5. The van der Waals surface area contributed by atoms with Gasteiger partial charge in [-0.15, -0.1) is 0 Å². The Hall–Kier alpha value is -1.65. The van der Waals surface area contributed by atoms with Crippen LogP contribution in [-0.2, 0) is 6.42 Å². The van der Waals surface area contributed by atoms with Crippen molar-refractivity contribution >= 4 is 11.6 Å². The van der Waals surface area contributed by atoms with Gasteiger partial charge in [0.25, 0.3) is 0 Å². The van der Waals surface area contributed by atoms with E-state index < -0.39 is 0 Å². The van der Waals surface area contributed by atoms with Crippen molar-refractivity contribution in [1.29, 1.82) is 0 Å². The van der Waals surface area contributed by atoms with Crippen molar-refractivity contribution in [3.63, 3.8) is 0 Å². The molecule has 4 atom stereocenters. The molecule has 5 heteroatoms. The molecule has 1 unspecified atom stereocenters. The van der Waals surface area contributed by atoms with Gasteiger partial charge >= 0.3 is 0 Å². The number of rotatable bonds is 8. The Labute approximate surface area is 193 Å². The minimum atomic E-state index is 0.0873. The second-order valence-corrected chi connectivity index (χ2v) is 9.49. The fourth-order valence-corrected chi connectivity index (χ4v) is 5.13. The van der Waals surface area contributed by atoms with E-state index in [9.17, 15) is 5.11 Å². The molecule has 1 aliphatic rings. The Morgan fingerprint density at radius 1 is 1.23 bits per heavy atom. The summed E-state index contributed by atoms with van der Waals surface area (Å²) in [4.78, 5) is 0. The number of hydrogen-bond acceptors (Lipinski definition) is 4. The highest BCUT2D eigenvalue weighted by Gasteiger charge is 2.42. The average molecular weight is 450 g/mol. The molecule has 31 heavy (non-hydrogen) atoms. The van der Waals surface area contributed by atoms with Crippen molar-refractivity contribution in [2.75, 3.05) is 20.8 Å². The summed E-state index contributed by atoms with van der Waals surface area (Å²) in [5.74, 6) is 2.18. The number of hydrogen-bond donors (Lipinski definition) is 2. The Morgan fingerprint density at radius 3 is 2.45 bits per heavy atom. The Morgan fingerprint density at radius 2 is 1.87 bits per heavy atom. The molecule has 1 aromatic rings. The molecule has 1 saturated carbocycles. The lowest BCUT2D eigenvalue weighted by Gasteiger charge is -2.47. The summed E-state index contributed by atoms with van der Waals surface area (Å²) in [6.07, 6.45) is 9.68. The van der Waals surface area contributed by atoms with Crippen LogP contribution in [0.2, 0.25) is 5.02 Å². The van der Waals surface area contributed by atoms with Crippen LogP contribution in [0.3, 0.4) is 0 Å². The quantitative estimate of drug-likeness (QED) is 0.446. The molecule has 1 fully saturated rings. The number of halogens is 1. The van der Waals surface area contributed by atoms with Gasteiger partial charge in [0.15, 0.2) is 11.5 Å². The zero-order valence-electron chi connectivity index (χ0n) is 20.4. The number of phenolic OH excluding ortho intramolecular Hbond substituents is 1. The molecule has 2 rings (SSSR count). The minimum Gasteiger partial charge on any atom is -0.504 e. The number of aromatic hydroxyl groups is 1. The first-order valence-electron chi connectivity index (χ1n) is 11.3. The van der Waals surface area contributed by atoms with Crippen LogP contribution in [0.5, 0.6) is 17.2 Å². The van der Waals surface area contributed by atoms with Crippen molar-refractivity contribution in [1.82, 2.24) is 5.32 Å². The first kappa shape index (κ1) is 25.6. The van der Waals surface area contributed by atoms with E-state index in [1.165, 1.54) is 20.0 Å². The van der Waals surface area contributed by atoms with Crippen molar-refractivity contribution in [2.45, 2.75) is 66.8 Å². The molecule has 1 aliphatic carbocycles. The molecular formula is C26H40ClNO3. The molecule has 0 spiro atoms. The topological polar surface area (TPSA) is 50.7 Å². The summed E-state index contributed by atoms with van der Waals surface area (Å²) < 4.78 is 10.9. The molecule has 0 amide bonds. The number of benzene rings is 1. The average Bonchev–Trinajstić information content (AvgIpc) is 2.75. The molecule has 1 aromatic carbocycles. The Bertz CT molecular complexity index is 833. The maximum absolute atomic E-state index is 10.7. The fraction of sp³-hybridized carbons (Fsp3) is 0.615. The van der Waals surface area contributed by atoms with Crippen molar-refractivity contribution in [3.8, 4) is 17.2 Å². The molecule has 0 bridgehead atoms. The lowest BCUT2D eigenvalue weighted by Crippen LogP contribution is -2.48. The molecule has 0 aliphatic heterocycles. The number of ether oxygens (including phenoxy) is 2. The summed E-state index contributed by atoms with van der Waals surface area (Å²) >= 11 is 6.47. The summed E-state index contributed by atoms with van der Waals surface area (Å²) in [5.41, 5.74) is 2.59. The molecule has 0 radical (unpaired) electrons. The third kappa shape index (κ3) is 5.23. The predicted octanol–water partition coefficient (Wildman–Crippen LogP) is 6.47. The van der Waals surface area contributed by atoms with E-state index in [1.54, 1.807) is 7.11 Å². The summed E-state index contributed by atoms with van der Waals surface area (Å²) in [5, 5.41) is 14.9. The standard InChI is InChI=1S/C26H40ClNO3/c1-9-28-21-13-11-17(3)26(6,19(21)5)15-14-16(2)10-12-20-23(29)24(30-7)18(4)22(27)25(20)31-8/h10,14-15,17,19,21,28-29H,9,11-13H2,1-8H3/b15-14+,16-10+/t17-,19+,21?,26+/m1/s1. The van der Waals surface area contributed by atoms with Gasteiger partial charge in [0.2, 0.25) is 0 Å². The largest absolute Gasteiger partial charge is 0.504 e. The van der Waals surface area contributed by atoms with Gasteiger partial charge in [0.05, 0.1) is 19.2 Å². The van der Waals surface area contributed by atoms with E-state index in [4.69, 9.17) is 21.1 Å². The van der Waals surface area contributed by atoms with Crippen LogP contribution in [0.25, 0.3) is 0 Å². The van der Waals surface area contributed by atoms with Crippen molar-refractivity contribution < 1.29 is 14.6 Å². The van der Waals surface area contributed by atoms with Crippen molar-refractivity contribution in [3.05, 3.63) is 40.0 Å². The second kappa shape index (κ2) is 10.8. The minimum absolute atomic E-state index is 0.0873. The number of phenols is 1. The molecule has 0 aromatic heterocycles. The van der Waals surface area contributed by atoms with Crippen LogP contribution in [-0.4, -0.2) is 31.9 Å². The summed E-state index contributed by atoms with van der Waals surface area (Å²) in [6, 6.07) is 0.559.